The van der Waals surface area contributed by atoms with Crippen LogP contribution in [0.5, 0.6) is 5.88 Å². The lowest BCUT2D eigenvalue weighted by Crippen LogP contribution is -2.12. The van der Waals surface area contributed by atoms with E-state index in [-0.39, 0.29) is 6.10 Å². The van der Waals surface area contributed by atoms with Crippen LogP contribution in [0, 0.1) is 11.3 Å². The van der Waals surface area contributed by atoms with E-state index in [1.165, 1.54) is 6.20 Å². The van der Waals surface area contributed by atoms with E-state index >= 15 is 0 Å². The predicted molar refractivity (Wildman–Crippen MR) is 51.7 cm³/mol. The molecule has 1 heterocycles. The molecular formula is C11H10N2O. The zero-order valence-corrected chi connectivity index (χ0v) is 7.68. The van der Waals surface area contributed by atoms with Gasteiger partial charge in [0.25, 0.3) is 0 Å². The molecule has 0 saturated carbocycles. The second-order valence-corrected chi connectivity index (χ2v) is 3.18. The highest BCUT2D eigenvalue weighted by Crippen LogP contribution is 2.17. The van der Waals surface area contributed by atoms with Crippen LogP contribution in [0.3, 0.4) is 0 Å². The summed E-state index contributed by atoms with van der Waals surface area (Å²) in [6.45, 7) is 0. The van der Waals surface area contributed by atoms with Gasteiger partial charge in [-0.25, -0.2) is 4.98 Å². The first-order valence-electron chi connectivity index (χ1n) is 4.56. The third kappa shape index (κ3) is 1.91. The molecule has 0 radical (unpaired) electrons. The van der Waals surface area contributed by atoms with E-state index in [2.05, 4.69) is 17.1 Å². The minimum atomic E-state index is 0.218. The Morgan fingerprint density at radius 3 is 2.71 bits per heavy atom. The van der Waals surface area contributed by atoms with Crippen molar-refractivity contribution in [2.75, 3.05) is 0 Å². The van der Waals surface area contributed by atoms with Gasteiger partial charge in [0.15, 0.2) is 0 Å². The molecular weight excluding hydrogens is 176 g/mol. The Balaban J connectivity index is 2.00. The van der Waals surface area contributed by atoms with Crippen LogP contribution in [-0.2, 0) is 0 Å². The van der Waals surface area contributed by atoms with Crippen molar-refractivity contribution in [3.05, 3.63) is 36.0 Å². The molecule has 1 aromatic heterocycles. The molecule has 3 nitrogen and oxygen atoms in total. The first-order valence-corrected chi connectivity index (χ1v) is 4.56. The van der Waals surface area contributed by atoms with Crippen LogP contribution >= 0.6 is 0 Å². The molecule has 3 heteroatoms. The summed E-state index contributed by atoms with van der Waals surface area (Å²) in [6, 6.07) is 5.46. The van der Waals surface area contributed by atoms with E-state index in [0.717, 1.165) is 12.8 Å². The molecule has 0 amide bonds. The molecule has 2 rings (SSSR count). The van der Waals surface area contributed by atoms with E-state index in [0.29, 0.717) is 11.4 Å². The van der Waals surface area contributed by atoms with Crippen LogP contribution in [-0.4, -0.2) is 11.1 Å². The van der Waals surface area contributed by atoms with Crippen LogP contribution in [0.1, 0.15) is 18.4 Å². The van der Waals surface area contributed by atoms with Gasteiger partial charge in [-0.1, -0.05) is 12.2 Å². The maximum atomic E-state index is 8.57. The quantitative estimate of drug-likeness (QED) is 0.664. The van der Waals surface area contributed by atoms with Gasteiger partial charge in [0.2, 0.25) is 5.88 Å². The second-order valence-electron chi connectivity index (χ2n) is 3.18. The van der Waals surface area contributed by atoms with Gasteiger partial charge in [-0.15, -0.1) is 0 Å². The van der Waals surface area contributed by atoms with Crippen LogP contribution in [0.15, 0.2) is 30.5 Å². The van der Waals surface area contributed by atoms with Gasteiger partial charge in [0.05, 0.1) is 5.56 Å². The van der Waals surface area contributed by atoms with Gasteiger partial charge in [0, 0.05) is 25.1 Å². The first kappa shape index (κ1) is 8.76. The molecule has 14 heavy (non-hydrogen) atoms. The summed E-state index contributed by atoms with van der Waals surface area (Å²) >= 11 is 0. The fraction of sp³-hybridized carbons (Fsp3) is 0.273. The third-order valence-electron chi connectivity index (χ3n) is 2.12. The van der Waals surface area contributed by atoms with Gasteiger partial charge in [0.1, 0.15) is 12.2 Å². The lowest BCUT2D eigenvalue weighted by atomic mass is 10.3. The lowest BCUT2D eigenvalue weighted by molar-refractivity contribution is 0.207. The number of hydrogen-bond donors (Lipinski definition) is 0. The van der Waals surface area contributed by atoms with Crippen molar-refractivity contribution in [1.82, 2.24) is 4.98 Å². The van der Waals surface area contributed by atoms with Crippen LogP contribution in [0.2, 0.25) is 0 Å². The van der Waals surface area contributed by atoms with Crippen molar-refractivity contribution in [2.24, 2.45) is 0 Å². The summed E-state index contributed by atoms with van der Waals surface area (Å²) < 4.78 is 5.59. The van der Waals surface area contributed by atoms with Crippen molar-refractivity contribution < 1.29 is 4.74 Å². The minimum Gasteiger partial charge on any atom is -0.474 e. The van der Waals surface area contributed by atoms with E-state index in [4.69, 9.17) is 10.00 Å². The summed E-state index contributed by atoms with van der Waals surface area (Å²) in [4.78, 5) is 4.04. The zero-order valence-electron chi connectivity index (χ0n) is 7.68. The lowest BCUT2D eigenvalue weighted by Gasteiger charge is -2.11. The van der Waals surface area contributed by atoms with Gasteiger partial charge in [-0.05, 0) is 6.07 Å². The molecule has 0 saturated heterocycles. The smallest absolute Gasteiger partial charge is 0.213 e. The van der Waals surface area contributed by atoms with Crippen LogP contribution < -0.4 is 4.74 Å². The predicted octanol–water partition coefficient (Wildman–Crippen LogP) is 2.05. The fourth-order valence-corrected chi connectivity index (χ4v) is 1.38. The van der Waals surface area contributed by atoms with Gasteiger partial charge in [-0.3, -0.25) is 0 Å². The number of ether oxygens (including phenoxy) is 1. The van der Waals surface area contributed by atoms with Crippen LogP contribution in [0.25, 0.3) is 0 Å². The Bertz CT molecular complexity index is 367. The summed E-state index contributed by atoms with van der Waals surface area (Å²) in [7, 11) is 0. The Labute approximate surface area is 82.7 Å². The largest absolute Gasteiger partial charge is 0.474 e. The molecule has 0 fully saturated rings. The molecule has 1 aromatic rings. The molecule has 70 valence electrons. The number of nitrogens with zero attached hydrogens (tertiary/aromatic N) is 2. The normalized spacial score (nSPS) is 15.4. The van der Waals surface area contributed by atoms with Crippen molar-refractivity contribution in [3.63, 3.8) is 0 Å². The summed E-state index contributed by atoms with van der Waals surface area (Å²) in [5.74, 6) is 0.595. The number of aromatic nitrogens is 1. The standard InChI is InChI=1S/C11H10N2O/c12-7-9-5-6-11(13-8-9)14-10-3-1-2-4-10/h1-2,5-6,8,10H,3-4H2. The average Bonchev–Trinajstić information content (AvgIpc) is 2.72. The zero-order chi connectivity index (χ0) is 9.80. The number of rotatable bonds is 2. The van der Waals surface area contributed by atoms with E-state index in [9.17, 15) is 0 Å². The van der Waals surface area contributed by atoms with Gasteiger partial charge < -0.3 is 4.74 Å². The van der Waals surface area contributed by atoms with Gasteiger partial charge >= 0.3 is 0 Å². The molecule has 0 bridgehead atoms. The Morgan fingerprint density at radius 2 is 2.14 bits per heavy atom. The summed E-state index contributed by atoms with van der Waals surface area (Å²) in [5, 5.41) is 8.57. The number of pyridine rings is 1. The molecule has 1 aliphatic rings. The maximum absolute atomic E-state index is 8.57. The SMILES string of the molecule is N#Cc1ccc(OC2CC=CC2)nc1. The Morgan fingerprint density at radius 1 is 1.36 bits per heavy atom. The highest BCUT2D eigenvalue weighted by molar-refractivity contribution is 5.28. The van der Waals surface area contributed by atoms with Crippen molar-refractivity contribution in [1.29, 1.82) is 5.26 Å². The number of nitriles is 1. The Kier molecular flexibility index (Phi) is 2.46. The third-order valence-corrected chi connectivity index (χ3v) is 2.12. The van der Waals surface area contributed by atoms with Crippen molar-refractivity contribution in [2.45, 2.75) is 18.9 Å². The molecule has 0 unspecified atom stereocenters. The van der Waals surface area contributed by atoms with E-state index in [1.807, 2.05) is 6.07 Å². The van der Waals surface area contributed by atoms with E-state index in [1.54, 1.807) is 12.1 Å². The van der Waals surface area contributed by atoms with Crippen molar-refractivity contribution in [3.8, 4) is 11.9 Å². The second kappa shape index (κ2) is 3.93. The molecule has 0 spiro atoms. The average molecular weight is 186 g/mol. The first-order chi connectivity index (χ1) is 6.88. The Hall–Kier alpha value is -1.82. The highest BCUT2D eigenvalue weighted by atomic mass is 16.5. The summed E-state index contributed by atoms with van der Waals surface area (Å²) in [6.07, 6.45) is 7.85. The highest BCUT2D eigenvalue weighted by Gasteiger charge is 2.11. The number of hydrogen-bond acceptors (Lipinski definition) is 3. The topological polar surface area (TPSA) is 45.9 Å². The molecule has 0 aliphatic heterocycles. The van der Waals surface area contributed by atoms with Crippen molar-refractivity contribution >= 4 is 0 Å². The summed E-state index contributed by atoms with van der Waals surface area (Å²) in [5.41, 5.74) is 0.557. The molecule has 0 N–H and O–H groups in total. The minimum absolute atomic E-state index is 0.218. The molecule has 0 aromatic carbocycles. The maximum Gasteiger partial charge on any atom is 0.213 e. The van der Waals surface area contributed by atoms with E-state index < -0.39 is 0 Å². The molecule has 0 atom stereocenters. The van der Waals surface area contributed by atoms with Crippen LogP contribution in [0.4, 0.5) is 0 Å². The molecule has 1 aliphatic carbocycles. The van der Waals surface area contributed by atoms with Gasteiger partial charge in [-0.2, -0.15) is 5.26 Å². The fourth-order valence-electron chi connectivity index (χ4n) is 1.38. The monoisotopic (exact) mass is 186 g/mol.